The van der Waals surface area contributed by atoms with Crippen LogP contribution in [0.3, 0.4) is 0 Å². The minimum Gasteiger partial charge on any atom is -0.352 e. The molecule has 2 atom stereocenters. The van der Waals surface area contributed by atoms with Gasteiger partial charge in [0.2, 0.25) is 5.91 Å². The second-order valence-corrected chi connectivity index (χ2v) is 6.51. The highest BCUT2D eigenvalue weighted by molar-refractivity contribution is 5.78. The van der Waals surface area contributed by atoms with Crippen LogP contribution < -0.4 is 10.6 Å². The van der Waals surface area contributed by atoms with Crippen molar-refractivity contribution in [2.45, 2.75) is 45.2 Å². The second kappa shape index (κ2) is 4.64. The van der Waals surface area contributed by atoms with E-state index in [1.807, 2.05) is 0 Å². The molecule has 2 aliphatic rings. The van der Waals surface area contributed by atoms with Gasteiger partial charge in [0.1, 0.15) is 0 Å². The van der Waals surface area contributed by atoms with E-state index < -0.39 is 0 Å². The molecule has 19 heavy (non-hydrogen) atoms. The quantitative estimate of drug-likeness (QED) is 0.872. The number of amides is 1. The standard InChI is InChI=1S/C16H22N2O/c1-16(2)9-11-5-3-4-6-13(11)15(16)17-10-12-7-8-14(19)18-12/h3-6,12,15,17H,7-10H2,1-2H3,(H,18,19). The van der Waals surface area contributed by atoms with Gasteiger partial charge >= 0.3 is 0 Å². The minimum absolute atomic E-state index is 0.192. The maximum absolute atomic E-state index is 11.2. The highest BCUT2D eigenvalue weighted by atomic mass is 16.1. The first kappa shape index (κ1) is 12.7. The molecule has 1 amide bonds. The molecule has 0 aromatic heterocycles. The van der Waals surface area contributed by atoms with Gasteiger partial charge in [-0.3, -0.25) is 4.79 Å². The van der Waals surface area contributed by atoms with E-state index in [9.17, 15) is 4.79 Å². The number of carbonyl (C=O) groups excluding carboxylic acids is 1. The van der Waals surface area contributed by atoms with Crippen LogP contribution in [0.4, 0.5) is 0 Å². The summed E-state index contributed by atoms with van der Waals surface area (Å²) >= 11 is 0. The van der Waals surface area contributed by atoms with Crippen molar-refractivity contribution in [3.05, 3.63) is 35.4 Å². The van der Waals surface area contributed by atoms with Crippen molar-refractivity contribution in [2.24, 2.45) is 5.41 Å². The fourth-order valence-electron chi connectivity index (χ4n) is 3.47. The fourth-order valence-corrected chi connectivity index (χ4v) is 3.47. The Bertz CT molecular complexity index is 495. The van der Waals surface area contributed by atoms with Gasteiger partial charge in [0.25, 0.3) is 0 Å². The van der Waals surface area contributed by atoms with Gasteiger partial charge in [-0.05, 0) is 29.4 Å². The molecule has 1 aliphatic heterocycles. The molecule has 1 aromatic rings. The first-order valence-electron chi connectivity index (χ1n) is 7.17. The van der Waals surface area contributed by atoms with Gasteiger partial charge in [0, 0.05) is 25.0 Å². The molecule has 1 fully saturated rings. The highest BCUT2D eigenvalue weighted by Crippen LogP contribution is 2.44. The van der Waals surface area contributed by atoms with Crippen molar-refractivity contribution in [3.63, 3.8) is 0 Å². The van der Waals surface area contributed by atoms with Crippen LogP contribution in [0.15, 0.2) is 24.3 Å². The Morgan fingerprint density at radius 1 is 1.37 bits per heavy atom. The maximum atomic E-state index is 11.2. The smallest absolute Gasteiger partial charge is 0.220 e. The summed E-state index contributed by atoms with van der Waals surface area (Å²) in [5.74, 6) is 0.192. The lowest BCUT2D eigenvalue weighted by molar-refractivity contribution is -0.119. The van der Waals surface area contributed by atoms with Crippen LogP contribution in [0, 0.1) is 5.41 Å². The van der Waals surface area contributed by atoms with Crippen LogP contribution in [0.2, 0.25) is 0 Å². The zero-order valence-corrected chi connectivity index (χ0v) is 11.7. The number of nitrogens with one attached hydrogen (secondary N) is 2. The van der Waals surface area contributed by atoms with Gasteiger partial charge in [-0.15, -0.1) is 0 Å². The SMILES string of the molecule is CC1(C)Cc2ccccc2C1NCC1CCC(=O)N1. The molecular formula is C16H22N2O. The van der Waals surface area contributed by atoms with E-state index in [2.05, 4.69) is 48.7 Å². The molecule has 1 heterocycles. The number of hydrogen-bond donors (Lipinski definition) is 2. The van der Waals surface area contributed by atoms with Crippen LogP contribution in [0.5, 0.6) is 0 Å². The lowest BCUT2D eigenvalue weighted by Gasteiger charge is -2.29. The summed E-state index contributed by atoms with van der Waals surface area (Å²) in [5.41, 5.74) is 3.13. The third-order valence-electron chi connectivity index (χ3n) is 4.45. The second-order valence-electron chi connectivity index (χ2n) is 6.51. The first-order chi connectivity index (χ1) is 9.06. The third kappa shape index (κ3) is 2.39. The van der Waals surface area contributed by atoms with E-state index in [-0.39, 0.29) is 11.3 Å². The van der Waals surface area contributed by atoms with Crippen molar-refractivity contribution < 1.29 is 4.79 Å². The predicted molar refractivity (Wildman–Crippen MR) is 75.8 cm³/mol. The van der Waals surface area contributed by atoms with E-state index >= 15 is 0 Å². The number of hydrogen-bond acceptors (Lipinski definition) is 2. The van der Waals surface area contributed by atoms with Crippen LogP contribution >= 0.6 is 0 Å². The zero-order valence-electron chi connectivity index (χ0n) is 11.7. The molecule has 2 N–H and O–H groups in total. The van der Waals surface area contributed by atoms with Gasteiger partial charge in [-0.25, -0.2) is 0 Å². The van der Waals surface area contributed by atoms with Crippen molar-refractivity contribution in [1.82, 2.24) is 10.6 Å². The van der Waals surface area contributed by atoms with E-state index in [1.54, 1.807) is 0 Å². The summed E-state index contributed by atoms with van der Waals surface area (Å²) in [7, 11) is 0. The average Bonchev–Trinajstić information content (AvgIpc) is 2.87. The zero-order chi connectivity index (χ0) is 13.5. The third-order valence-corrected chi connectivity index (χ3v) is 4.45. The van der Waals surface area contributed by atoms with E-state index in [4.69, 9.17) is 0 Å². The van der Waals surface area contributed by atoms with Gasteiger partial charge in [-0.1, -0.05) is 38.1 Å². The molecule has 3 heteroatoms. The molecule has 3 nitrogen and oxygen atoms in total. The molecular weight excluding hydrogens is 236 g/mol. The molecule has 0 bridgehead atoms. The molecule has 2 unspecified atom stereocenters. The molecule has 1 aromatic carbocycles. The lowest BCUT2D eigenvalue weighted by atomic mass is 9.85. The number of benzene rings is 1. The Kier molecular flexibility index (Phi) is 3.09. The Morgan fingerprint density at radius 2 is 2.16 bits per heavy atom. The van der Waals surface area contributed by atoms with E-state index in [0.29, 0.717) is 18.5 Å². The Hall–Kier alpha value is -1.35. The molecule has 1 aliphatic carbocycles. The van der Waals surface area contributed by atoms with Crippen LogP contribution in [0.25, 0.3) is 0 Å². The summed E-state index contributed by atoms with van der Waals surface area (Å²) < 4.78 is 0. The van der Waals surface area contributed by atoms with Crippen molar-refractivity contribution >= 4 is 5.91 Å². The molecule has 1 saturated heterocycles. The molecule has 0 saturated carbocycles. The van der Waals surface area contributed by atoms with Crippen LogP contribution in [-0.2, 0) is 11.2 Å². The lowest BCUT2D eigenvalue weighted by Crippen LogP contribution is -2.40. The molecule has 0 spiro atoms. The molecule has 3 rings (SSSR count). The molecule has 0 radical (unpaired) electrons. The average molecular weight is 258 g/mol. The molecule has 102 valence electrons. The Morgan fingerprint density at radius 3 is 2.89 bits per heavy atom. The van der Waals surface area contributed by atoms with Crippen LogP contribution in [-0.4, -0.2) is 18.5 Å². The summed E-state index contributed by atoms with van der Waals surface area (Å²) in [6.45, 7) is 5.50. The van der Waals surface area contributed by atoms with Crippen molar-refractivity contribution in [3.8, 4) is 0 Å². The van der Waals surface area contributed by atoms with Gasteiger partial charge in [-0.2, -0.15) is 0 Å². The van der Waals surface area contributed by atoms with Gasteiger partial charge in [0.05, 0.1) is 0 Å². The van der Waals surface area contributed by atoms with E-state index in [0.717, 1.165) is 19.4 Å². The van der Waals surface area contributed by atoms with Crippen molar-refractivity contribution in [1.29, 1.82) is 0 Å². The summed E-state index contributed by atoms with van der Waals surface area (Å²) in [5, 5.41) is 6.70. The number of fused-ring (bicyclic) bond motifs is 1. The normalized spacial score (nSPS) is 28.2. The first-order valence-corrected chi connectivity index (χ1v) is 7.17. The van der Waals surface area contributed by atoms with Gasteiger partial charge in [0.15, 0.2) is 0 Å². The Labute approximate surface area is 114 Å². The monoisotopic (exact) mass is 258 g/mol. The minimum atomic E-state index is 0.192. The highest BCUT2D eigenvalue weighted by Gasteiger charge is 2.38. The summed E-state index contributed by atoms with van der Waals surface area (Å²) in [6, 6.07) is 9.39. The van der Waals surface area contributed by atoms with Crippen LogP contribution in [0.1, 0.15) is 43.9 Å². The van der Waals surface area contributed by atoms with Crippen molar-refractivity contribution in [2.75, 3.05) is 6.54 Å². The number of rotatable bonds is 3. The topological polar surface area (TPSA) is 41.1 Å². The summed E-state index contributed by atoms with van der Waals surface area (Å²) in [4.78, 5) is 11.2. The maximum Gasteiger partial charge on any atom is 0.220 e. The fraction of sp³-hybridized carbons (Fsp3) is 0.562. The number of carbonyl (C=O) groups is 1. The van der Waals surface area contributed by atoms with Gasteiger partial charge < -0.3 is 10.6 Å². The largest absolute Gasteiger partial charge is 0.352 e. The summed E-state index contributed by atoms with van der Waals surface area (Å²) in [6.07, 6.45) is 2.76. The van der Waals surface area contributed by atoms with E-state index in [1.165, 1.54) is 11.1 Å². The Balaban J connectivity index is 1.71. The predicted octanol–water partition coefficient (Wildman–Crippen LogP) is 2.18.